The Hall–Kier alpha value is -5.80. The number of aryl methyl sites for hydroxylation is 2. The molecule has 0 N–H and O–H groups in total. The van der Waals surface area contributed by atoms with Crippen molar-refractivity contribution in [2.75, 3.05) is 4.90 Å². The van der Waals surface area contributed by atoms with Crippen LogP contribution in [0.3, 0.4) is 0 Å². The van der Waals surface area contributed by atoms with Crippen molar-refractivity contribution in [2.24, 2.45) is 0 Å². The van der Waals surface area contributed by atoms with Crippen LogP contribution in [0.15, 0.2) is 160 Å². The molecule has 0 bridgehead atoms. The second-order valence-corrected chi connectivity index (χ2v) is 12.0. The van der Waals surface area contributed by atoms with Crippen LogP contribution >= 0.6 is 0 Å². The quantitative estimate of drug-likeness (QED) is 0.184. The van der Waals surface area contributed by atoms with Crippen molar-refractivity contribution in [3.8, 4) is 22.6 Å². The van der Waals surface area contributed by atoms with Crippen LogP contribution in [0.5, 0.6) is 0 Å². The Morgan fingerprint density at radius 2 is 0.935 bits per heavy atom. The molecule has 8 aromatic rings. The van der Waals surface area contributed by atoms with Gasteiger partial charge in [-0.25, -0.2) is 0 Å². The number of anilines is 3. The van der Waals surface area contributed by atoms with E-state index in [4.69, 9.17) is 8.83 Å². The maximum absolute atomic E-state index is 6.28. The Morgan fingerprint density at radius 3 is 1.48 bits per heavy atom. The molecule has 0 fully saturated rings. The molecule has 222 valence electrons. The Morgan fingerprint density at radius 1 is 0.457 bits per heavy atom. The minimum atomic E-state index is 0.850. The SMILES string of the molecule is Cc1cccc(C)c1Cc1cccc(N(c2cccc(-c3cc4ccccc4o3)c2)c2cccc(-c3cc4ccccc4o3)c2)c1. The molecular weight excluding hydrogens is 562 g/mol. The van der Waals surface area contributed by atoms with Crippen LogP contribution in [0.1, 0.15) is 22.3 Å². The molecule has 46 heavy (non-hydrogen) atoms. The first-order chi connectivity index (χ1) is 22.6. The third kappa shape index (κ3) is 5.27. The van der Waals surface area contributed by atoms with Gasteiger partial charge in [0.2, 0.25) is 0 Å². The lowest BCUT2D eigenvalue weighted by molar-refractivity contribution is 0.631. The summed E-state index contributed by atoms with van der Waals surface area (Å²) in [6, 6.07) is 53.2. The fraction of sp³-hybridized carbons (Fsp3) is 0.0698. The summed E-state index contributed by atoms with van der Waals surface area (Å²) in [5, 5.41) is 2.19. The zero-order valence-electron chi connectivity index (χ0n) is 25.9. The highest BCUT2D eigenvalue weighted by molar-refractivity contribution is 5.87. The van der Waals surface area contributed by atoms with E-state index in [0.717, 1.165) is 68.1 Å². The van der Waals surface area contributed by atoms with Crippen LogP contribution in [0, 0.1) is 13.8 Å². The smallest absolute Gasteiger partial charge is 0.135 e. The van der Waals surface area contributed by atoms with Gasteiger partial charge in [-0.2, -0.15) is 0 Å². The van der Waals surface area contributed by atoms with Gasteiger partial charge in [0.1, 0.15) is 22.7 Å². The number of para-hydroxylation sites is 2. The highest BCUT2D eigenvalue weighted by atomic mass is 16.3. The highest BCUT2D eigenvalue weighted by Gasteiger charge is 2.17. The monoisotopic (exact) mass is 595 g/mol. The molecule has 0 radical (unpaired) electrons. The molecule has 8 rings (SSSR count). The van der Waals surface area contributed by atoms with E-state index < -0.39 is 0 Å². The molecule has 0 unspecified atom stereocenters. The summed E-state index contributed by atoms with van der Waals surface area (Å²) >= 11 is 0. The average Bonchev–Trinajstić information content (AvgIpc) is 3.72. The third-order valence-corrected chi connectivity index (χ3v) is 8.82. The summed E-state index contributed by atoms with van der Waals surface area (Å²) in [5.74, 6) is 1.70. The van der Waals surface area contributed by atoms with E-state index in [0.29, 0.717) is 0 Å². The first-order valence-corrected chi connectivity index (χ1v) is 15.7. The van der Waals surface area contributed by atoms with Crippen molar-refractivity contribution < 1.29 is 8.83 Å². The van der Waals surface area contributed by atoms with E-state index in [9.17, 15) is 0 Å². The van der Waals surface area contributed by atoms with Gasteiger partial charge in [-0.15, -0.1) is 0 Å². The summed E-state index contributed by atoms with van der Waals surface area (Å²) in [6.45, 7) is 4.40. The van der Waals surface area contributed by atoms with Gasteiger partial charge in [0.05, 0.1) is 0 Å². The van der Waals surface area contributed by atoms with E-state index in [2.05, 4.69) is 134 Å². The number of hydrogen-bond acceptors (Lipinski definition) is 3. The van der Waals surface area contributed by atoms with E-state index in [1.54, 1.807) is 0 Å². The molecule has 3 nitrogen and oxygen atoms in total. The second kappa shape index (κ2) is 11.6. The average molecular weight is 596 g/mol. The molecule has 0 saturated carbocycles. The van der Waals surface area contributed by atoms with Crippen LogP contribution in [0.4, 0.5) is 17.1 Å². The standard InChI is InChI=1S/C43H33NO2/c1-29-11-7-12-30(2)39(29)24-31-13-8-18-36(23-31)44(37-19-9-16-32(25-37)42-27-34-14-3-5-21-40(34)45-42)38-20-10-17-33(26-38)43-28-35-15-4-6-22-41(35)46-43/h3-23,25-28H,24H2,1-2H3. The number of benzene rings is 6. The van der Waals surface area contributed by atoms with Crippen molar-refractivity contribution in [3.05, 3.63) is 174 Å². The minimum Gasteiger partial charge on any atom is -0.456 e. The zero-order chi connectivity index (χ0) is 31.0. The van der Waals surface area contributed by atoms with Gasteiger partial charge >= 0.3 is 0 Å². The Kier molecular flexibility index (Phi) is 7.00. The highest BCUT2D eigenvalue weighted by Crippen LogP contribution is 2.40. The maximum atomic E-state index is 6.28. The summed E-state index contributed by atoms with van der Waals surface area (Å²) in [4.78, 5) is 2.33. The molecule has 0 aliphatic heterocycles. The van der Waals surface area contributed by atoms with E-state index in [1.165, 1.54) is 22.3 Å². The van der Waals surface area contributed by atoms with Crippen molar-refractivity contribution in [1.29, 1.82) is 0 Å². The Labute approximate surface area is 269 Å². The number of fused-ring (bicyclic) bond motifs is 2. The molecule has 0 amide bonds. The molecule has 2 heterocycles. The third-order valence-electron chi connectivity index (χ3n) is 8.82. The Bertz CT molecular complexity index is 2140. The number of rotatable bonds is 7. The predicted molar refractivity (Wildman–Crippen MR) is 190 cm³/mol. The predicted octanol–water partition coefficient (Wildman–Crippen LogP) is 12.2. The fourth-order valence-corrected chi connectivity index (χ4v) is 6.43. The lowest BCUT2D eigenvalue weighted by atomic mass is 9.96. The van der Waals surface area contributed by atoms with Gasteiger partial charge in [-0.05, 0) is 103 Å². The molecule has 0 atom stereocenters. The van der Waals surface area contributed by atoms with Gasteiger partial charge in [0, 0.05) is 39.0 Å². The fourth-order valence-electron chi connectivity index (χ4n) is 6.43. The number of hydrogen-bond donors (Lipinski definition) is 0. The summed E-state index contributed by atoms with van der Waals surface area (Å²) in [6.07, 6.45) is 0.873. The molecule has 6 aromatic carbocycles. The molecule has 3 heteroatoms. The van der Waals surface area contributed by atoms with Crippen LogP contribution in [-0.4, -0.2) is 0 Å². The van der Waals surface area contributed by atoms with Gasteiger partial charge < -0.3 is 13.7 Å². The Balaban J connectivity index is 1.25. The lowest BCUT2D eigenvalue weighted by Crippen LogP contribution is -2.10. The molecular formula is C43H33NO2. The first-order valence-electron chi connectivity index (χ1n) is 15.7. The van der Waals surface area contributed by atoms with Crippen LogP contribution in [0.2, 0.25) is 0 Å². The number of nitrogens with zero attached hydrogens (tertiary/aromatic N) is 1. The van der Waals surface area contributed by atoms with Gasteiger partial charge in [0.25, 0.3) is 0 Å². The van der Waals surface area contributed by atoms with Gasteiger partial charge in [0.15, 0.2) is 0 Å². The largest absolute Gasteiger partial charge is 0.456 e. The molecule has 0 spiro atoms. The van der Waals surface area contributed by atoms with Crippen LogP contribution in [-0.2, 0) is 6.42 Å². The maximum Gasteiger partial charge on any atom is 0.135 e. The van der Waals surface area contributed by atoms with E-state index in [-0.39, 0.29) is 0 Å². The van der Waals surface area contributed by atoms with E-state index in [1.807, 2.05) is 36.4 Å². The van der Waals surface area contributed by atoms with Crippen molar-refractivity contribution >= 4 is 39.0 Å². The second-order valence-electron chi connectivity index (χ2n) is 12.0. The van der Waals surface area contributed by atoms with Crippen molar-refractivity contribution in [1.82, 2.24) is 0 Å². The summed E-state index contributed by atoms with van der Waals surface area (Å²) in [7, 11) is 0. The summed E-state index contributed by atoms with van der Waals surface area (Å²) < 4.78 is 12.6. The molecule has 0 aliphatic rings. The normalized spacial score (nSPS) is 11.3. The van der Waals surface area contributed by atoms with Crippen LogP contribution in [0.25, 0.3) is 44.6 Å². The van der Waals surface area contributed by atoms with Gasteiger partial charge in [-0.3, -0.25) is 0 Å². The molecule has 0 saturated heterocycles. The molecule has 0 aliphatic carbocycles. The molecule has 2 aromatic heterocycles. The lowest BCUT2D eigenvalue weighted by Gasteiger charge is -2.27. The summed E-state index contributed by atoms with van der Waals surface area (Å²) in [5.41, 5.74) is 12.3. The topological polar surface area (TPSA) is 29.5 Å². The minimum absolute atomic E-state index is 0.850. The van der Waals surface area contributed by atoms with Crippen molar-refractivity contribution in [2.45, 2.75) is 20.3 Å². The van der Waals surface area contributed by atoms with Crippen LogP contribution < -0.4 is 4.90 Å². The zero-order valence-corrected chi connectivity index (χ0v) is 25.9. The number of furan rings is 2. The van der Waals surface area contributed by atoms with Gasteiger partial charge in [-0.1, -0.05) is 91.0 Å². The van der Waals surface area contributed by atoms with E-state index >= 15 is 0 Å². The first kappa shape index (κ1) is 27.7. The van der Waals surface area contributed by atoms with Crippen molar-refractivity contribution in [3.63, 3.8) is 0 Å².